The van der Waals surface area contributed by atoms with E-state index in [0.717, 1.165) is 24.4 Å². The van der Waals surface area contributed by atoms with Crippen molar-refractivity contribution in [3.05, 3.63) is 12.7 Å². The number of hydrogen-bond acceptors (Lipinski definition) is 1. The fourth-order valence-corrected chi connectivity index (χ4v) is 2.73. The minimum atomic E-state index is 0.826. The molecule has 11 heavy (non-hydrogen) atoms. The van der Waals surface area contributed by atoms with Crippen molar-refractivity contribution in [1.29, 1.82) is 0 Å². The highest BCUT2D eigenvalue weighted by Gasteiger charge is 2.38. The molecule has 2 fully saturated rings. The van der Waals surface area contributed by atoms with Crippen molar-refractivity contribution in [1.82, 2.24) is 5.32 Å². The molecule has 0 saturated heterocycles. The Hall–Kier alpha value is -0.300. The van der Waals surface area contributed by atoms with E-state index in [0.29, 0.717) is 0 Å². The summed E-state index contributed by atoms with van der Waals surface area (Å²) in [5.74, 6) is 2.06. The molecule has 62 valence electrons. The fraction of sp³-hybridized carbons (Fsp3) is 0.800. The summed E-state index contributed by atoms with van der Waals surface area (Å²) in [4.78, 5) is 0. The van der Waals surface area contributed by atoms with E-state index >= 15 is 0 Å². The first kappa shape index (κ1) is 7.35. The van der Waals surface area contributed by atoms with Crippen molar-refractivity contribution in [2.75, 3.05) is 6.54 Å². The van der Waals surface area contributed by atoms with Gasteiger partial charge in [0.05, 0.1) is 0 Å². The van der Waals surface area contributed by atoms with Gasteiger partial charge in [0.15, 0.2) is 0 Å². The molecule has 0 aliphatic heterocycles. The zero-order valence-corrected chi connectivity index (χ0v) is 7.05. The second kappa shape index (κ2) is 2.98. The third-order valence-corrected chi connectivity index (χ3v) is 3.26. The van der Waals surface area contributed by atoms with Gasteiger partial charge in [-0.3, -0.25) is 0 Å². The zero-order valence-electron chi connectivity index (χ0n) is 7.05. The van der Waals surface area contributed by atoms with E-state index in [1.54, 1.807) is 0 Å². The summed E-state index contributed by atoms with van der Waals surface area (Å²) in [6.45, 7) is 4.72. The molecule has 0 heterocycles. The Balaban J connectivity index is 1.83. The molecule has 0 radical (unpaired) electrons. The van der Waals surface area contributed by atoms with Crippen molar-refractivity contribution < 1.29 is 0 Å². The lowest BCUT2D eigenvalue weighted by atomic mass is 9.95. The highest BCUT2D eigenvalue weighted by atomic mass is 14.9. The summed E-state index contributed by atoms with van der Waals surface area (Å²) in [5.41, 5.74) is 0. The second-order valence-corrected chi connectivity index (χ2v) is 3.98. The lowest BCUT2D eigenvalue weighted by Crippen LogP contribution is -2.33. The molecule has 2 bridgehead atoms. The van der Waals surface area contributed by atoms with Crippen LogP contribution >= 0.6 is 0 Å². The summed E-state index contributed by atoms with van der Waals surface area (Å²) < 4.78 is 0. The number of nitrogens with one attached hydrogen (secondary N) is 1. The normalized spacial score (nSPS) is 41.3. The van der Waals surface area contributed by atoms with Gasteiger partial charge in [0.25, 0.3) is 0 Å². The van der Waals surface area contributed by atoms with Crippen LogP contribution in [0.25, 0.3) is 0 Å². The van der Waals surface area contributed by atoms with Crippen molar-refractivity contribution in [2.45, 2.75) is 31.7 Å². The summed E-state index contributed by atoms with van der Waals surface area (Å²) in [5, 5.41) is 3.54. The van der Waals surface area contributed by atoms with Crippen LogP contribution < -0.4 is 5.32 Å². The highest BCUT2D eigenvalue weighted by molar-refractivity contribution is 4.94. The topological polar surface area (TPSA) is 12.0 Å². The van der Waals surface area contributed by atoms with E-state index in [-0.39, 0.29) is 0 Å². The van der Waals surface area contributed by atoms with Gasteiger partial charge in [-0.25, -0.2) is 0 Å². The second-order valence-electron chi connectivity index (χ2n) is 3.98. The fourth-order valence-electron chi connectivity index (χ4n) is 2.73. The van der Waals surface area contributed by atoms with E-state index in [9.17, 15) is 0 Å². The smallest absolute Gasteiger partial charge is 0.0134 e. The van der Waals surface area contributed by atoms with Gasteiger partial charge >= 0.3 is 0 Å². The molecule has 0 aromatic heterocycles. The van der Waals surface area contributed by atoms with E-state index in [1.807, 2.05) is 6.08 Å². The van der Waals surface area contributed by atoms with Crippen LogP contribution in [0, 0.1) is 11.8 Å². The number of rotatable bonds is 3. The molecule has 3 unspecified atom stereocenters. The predicted molar refractivity (Wildman–Crippen MR) is 47.4 cm³/mol. The van der Waals surface area contributed by atoms with Crippen LogP contribution in [0.4, 0.5) is 0 Å². The Morgan fingerprint density at radius 2 is 2.27 bits per heavy atom. The van der Waals surface area contributed by atoms with E-state index < -0.39 is 0 Å². The van der Waals surface area contributed by atoms with Gasteiger partial charge in [0, 0.05) is 12.6 Å². The van der Waals surface area contributed by atoms with Crippen LogP contribution in [0.5, 0.6) is 0 Å². The van der Waals surface area contributed by atoms with Crippen molar-refractivity contribution >= 4 is 0 Å². The van der Waals surface area contributed by atoms with Gasteiger partial charge in [-0.2, -0.15) is 0 Å². The average Bonchev–Trinajstić information content (AvgIpc) is 2.60. The Morgan fingerprint density at radius 3 is 2.82 bits per heavy atom. The summed E-state index contributed by atoms with van der Waals surface area (Å²) in [6, 6.07) is 0.826. The quantitative estimate of drug-likeness (QED) is 0.608. The molecule has 2 saturated carbocycles. The van der Waals surface area contributed by atoms with E-state index in [4.69, 9.17) is 0 Å². The molecule has 2 aliphatic carbocycles. The minimum absolute atomic E-state index is 0.826. The largest absolute Gasteiger partial charge is 0.310 e. The van der Waals surface area contributed by atoms with Crippen molar-refractivity contribution in [3.63, 3.8) is 0 Å². The monoisotopic (exact) mass is 151 g/mol. The van der Waals surface area contributed by atoms with Crippen LogP contribution in [-0.4, -0.2) is 12.6 Å². The van der Waals surface area contributed by atoms with E-state index in [1.165, 1.54) is 25.7 Å². The molecule has 2 rings (SSSR count). The molecule has 2 aliphatic rings. The zero-order chi connectivity index (χ0) is 7.68. The Labute approximate surface area is 68.9 Å². The first-order chi connectivity index (χ1) is 5.40. The average molecular weight is 151 g/mol. The molecule has 1 heteroatoms. The SMILES string of the molecule is C=CCNC1CC2CCC1C2. The molecule has 0 spiro atoms. The van der Waals surface area contributed by atoms with Crippen LogP contribution in [0.1, 0.15) is 25.7 Å². The lowest BCUT2D eigenvalue weighted by molar-refractivity contribution is 0.363. The molecular formula is C10H17N. The lowest BCUT2D eigenvalue weighted by Gasteiger charge is -2.21. The van der Waals surface area contributed by atoms with E-state index in [2.05, 4.69) is 11.9 Å². The van der Waals surface area contributed by atoms with Crippen LogP contribution in [0.3, 0.4) is 0 Å². The van der Waals surface area contributed by atoms with Gasteiger partial charge in [0.1, 0.15) is 0 Å². The Morgan fingerprint density at radius 1 is 1.36 bits per heavy atom. The van der Waals surface area contributed by atoms with Crippen molar-refractivity contribution in [3.8, 4) is 0 Å². The van der Waals surface area contributed by atoms with Crippen LogP contribution in [0.2, 0.25) is 0 Å². The number of fused-ring (bicyclic) bond motifs is 2. The van der Waals surface area contributed by atoms with Crippen LogP contribution in [0.15, 0.2) is 12.7 Å². The summed E-state index contributed by atoms with van der Waals surface area (Å²) in [6.07, 6.45) is 7.86. The van der Waals surface area contributed by atoms with Crippen LogP contribution in [-0.2, 0) is 0 Å². The predicted octanol–water partition coefficient (Wildman–Crippen LogP) is 1.95. The maximum atomic E-state index is 3.72. The third kappa shape index (κ3) is 1.34. The molecule has 1 N–H and O–H groups in total. The minimum Gasteiger partial charge on any atom is -0.310 e. The number of hydrogen-bond donors (Lipinski definition) is 1. The first-order valence-electron chi connectivity index (χ1n) is 4.74. The third-order valence-electron chi connectivity index (χ3n) is 3.26. The maximum Gasteiger partial charge on any atom is 0.0134 e. The Bertz CT molecular complexity index is 153. The molecule has 0 aromatic carbocycles. The van der Waals surface area contributed by atoms with Gasteiger partial charge in [0.2, 0.25) is 0 Å². The standard InChI is InChI=1S/C10H17N/c1-2-5-11-10-7-8-3-4-9(10)6-8/h2,8-11H,1,3-7H2. The molecule has 0 aromatic rings. The van der Waals surface area contributed by atoms with Gasteiger partial charge in [-0.15, -0.1) is 6.58 Å². The van der Waals surface area contributed by atoms with Gasteiger partial charge in [-0.05, 0) is 31.1 Å². The molecular weight excluding hydrogens is 134 g/mol. The van der Waals surface area contributed by atoms with Gasteiger partial charge in [-0.1, -0.05) is 12.5 Å². The summed E-state index contributed by atoms with van der Waals surface area (Å²) in [7, 11) is 0. The van der Waals surface area contributed by atoms with Gasteiger partial charge < -0.3 is 5.32 Å². The molecule has 1 nitrogen and oxygen atoms in total. The first-order valence-corrected chi connectivity index (χ1v) is 4.74. The molecule has 3 atom stereocenters. The van der Waals surface area contributed by atoms with Crippen molar-refractivity contribution in [2.24, 2.45) is 11.8 Å². The Kier molecular flexibility index (Phi) is 1.99. The highest BCUT2D eigenvalue weighted by Crippen LogP contribution is 2.44. The summed E-state index contributed by atoms with van der Waals surface area (Å²) >= 11 is 0. The maximum absolute atomic E-state index is 3.72. The molecule has 0 amide bonds.